The lowest BCUT2D eigenvalue weighted by atomic mass is 10.0. The summed E-state index contributed by atoms with van der Waals surface area (Å²) >= 11 is 0. The van der Waals surface area contributed by atoms with Crippen LogP contribution in [-0.4, -0.2) is 25.2 Å². The van der Waals surface area contributed by atoms with Gasteiger partial charge in [-0.05, 0) is 19.8 Å². The van der Waals surface area contributed by atoms with Crippen LogP contribution in [0, 0.1) is 0 Å². The van der Waals surface area contributed by atoms with Gasteiger partial charge in [-0.15, -0.1) is 0 Å². The molecule has 0 amide bonds. The molecule has 0 aromatic heterocycles. The first-order valence-corrected chi connectivity index (χ1v) is 7.99. The predicted octanol–water partition coefficient (Wildman–Crippen LogP) is 4.06. The summed E-state index contributed by atoms with van der Waals surface area (Å²) in [5.41, 5.74) is 0. The van der Waals surface area contributed by atoms with E-state index in [1.165, 1.54) is 45.6 Å². The number of hydrogen-bond donors (Lipinski definition) is 1. The van der Waals surface area contributed by atoms with Crippen molar-refractivity contribution in [2.45, 2.75) is 90.6 Å². The molecule has 3 heteroatoms. The van der Waals surface area contributed by atoms with Crippen LogP contribution in [0.3, 0.4) is 0 Å². The normalized spacial score (nSPS) is 14.1. The minimum Gasteiger partial charge on any atom is -0.468 e. The lowest BCUT2D eigenvalue weighted by molar-refractivity contribution is -0.143. The highest BCUT2D eigenvalue weighted by Crippen LogP contribution is 2.11. The van der Waals surface area contributed by atoms with E-state index in [4.69, 9.17) is 4.74 Å². The molecule has 0 saturated carbocycles. The van der Waals surface area contributed by atoms with Crippen LogP contribution in [0.25, 0.3) is 0 Å². The van der Waals surface area contributed by atoms with Crippen molar-refractivity contribution in [3.63, 3.8) is 0 Å². The highest BCUT2D eigenvalue weighted by atomic mass is 16.5. The van der Waals surface area contributed by atoms with E-state index in [1.807, 2.05) is 0 Å². The molecule has 0 aliphatic heterocycles. The van der Waals surface area contributed by atoms with Crippen LogP contribution in [0.5, 0.6) is 0 Å². The van der Waals surface area contributed by atoms with Gasteiger partial charge >= 0.3 is 5.97 Å². The summed E-state index contributed by atoms with van der Waals surface area (Å²) in [6.07, 6.45) is 10.9. The van der Waals surface area contributed by atoms with Crippen molar-refractivity contribution in [2.75, 3.05) is 7.11 Å². The quantitative estimate of drug-likeness (QED) is 0.430. The molecule has 2 atom stereocenters. The number of unbranched alkanes of at least 4 members (excludes halogenated alkanes) is 6. The summed E-state index contributed by atoms with van der Waals surface area (Å²) in [6.45, 7) is 6.47. The molecule has 114 valence electrons. The van der Waals surface area contributed by atoms with Gasteiger partial charge in [0, 0.05) is 6.04 Å². The molecule has 0 aliphatic carbocycles. The van der Waals surface area contributed by atoms with Gasteiger partial charge in [-0.3, -0.25) is 4.79 Å². The van der Waals surface area contributed by atoms with Crippen molar-refractivity contribution >= 4 is 5.97 Å². The Labute approximate surface area is 119 Å². The smallest absolute Gasteiger partial charge is 0.322 e. The van der Waals surface area contributed by atoms with Crippen LogP contribution in [0.4, 0.5) is 0 Å². The molecule has 2 unspecified atom stereocenters. The zero-order valence-electron chi connectivity index (χ0n) is 13.3. The Balaban J connectivity index is 3.77. The number of methoxy groups -OCH3 is 1. The average molecular weight is 271 g/mol. The predicted molar refractivity (Wildman–Crippen MR) is 81.3 cm³/mol. The van der Waals surface area contributed by atoms with Crippen LogP contribution in [0.15, 0.2) is 0 Å². The Kier molecular flexibility index (Phi) is 12.1. The molecule has 1 N–H and O–H groups in total. The fraction of sp³-hybridized carbons (Fsp3) is 0.938. The minimum atomic E-state index is -0.129. The molecule has 0 heterocycles. The van der Waals surface area contributed by atoms with Crippen molar-refractivity contribution in [1.29, 1.82) is 0 Å². The second-order valence-electron chi connectivity index (χ2n) is 5.46. The van der Waals surface area contributed by atoms with E-state index in [0.29, 0.717) is 6.04 Å². The van der Waals surface area contributed by atoms with Gasteiger partial charge in [-0.1, -0.05) is 58.8 Å². The van der Waals surface area contributed by atoms with Gasteiger partial charge in [0.25, 0.3) is 0 Å². The van der Waals surface area contributed by atoms with Gasteiger partial charge in [0.2, 0.25) is 0 Å². The molecule has 0 aromatic rings. The van der Waals surface area contributed by atoms with Gasteiger partial charge in [0.1, 0.15) is 6.04 Å². The third-order valence-corrected chi connectivity index (χ3v) is 3.68. The number of nitrogens with one attached hydrogen (secondary N) is 1. The standard InChI is InChI=1S/C16H33NO2/c1-5-7-8-9-10-11-12-13-15(16(18)19-4)17-14(3)6-2/h14-15,17H,5-13H2,1-4H3. The fourth-order valence-electron chi connectivity index (χ4n) is 2.18. The van der Waals surface area contributed by atoms with Crippen LogP contribution >= 0.6 is 0 Å². The Morgan fingerprint density at radius 3 is 2.16 bits per heavy atom. The summed E-state index contributed by atoms with van der Waals surface area (Å²) in [5, 5.41) is 3.35. The molecule has 0 radical (unpaired) electrons. The topological polar surface area (TPSA) is 38.3 Å². The van der Waals surface area contributed by atoms with E-state index in [9.17, 15) is 4.79 Å². The maximum Gasteiger partial charge on any atom is 0.322 e. The zero-order valence-corrected chi connectivity index (χ0v) is 13.3. The van der Waals surface area contributed by atoms with E-state index < -0.39 is 0 Å². The van der Waals surface area contributed by atoms with Crippen LogP contribution in [0.1, 0.15) is 78.6 Å². The second kappa shape index (κ2) is 12.5. The minimum absolute atomic E-state index is 0.119. The number of carbonyl (C=O) groups excluding carboxylic acids is 1. The first kappa shape index (κ1) is 18.4. The largest absolute Gasteiger partial charge is 0.468 e. The van der Waals surface area contributed by atoms with Gasteiger partial charge < -0.3 is 10.1 Å². The molecule has 19 heavy (non-hydrogen) atoms. The van der Waals surface area contributed by atoms with Gasteiger partial charge in [-0.2, -0.15) is 0 Å². The fourth-order valence-corrected chi connectivity index (χ4v) is 2.18. The van der Waals surface area contributed by atoms with Gasteiger partial charge in [0.15, 0.2) is 0 Å². The van der Waals surface area contributed by atoms with Crippen molar-refractivity contribution in [3.8, 4) is 0 Å². The van der Waals surface area contributed by atoms with E-state index in [2.05, 4.69) is 26.1 Å². The second-order valence-corrected chi connectivity index (χ2v) is 5.46. The highest BCUT2D eigenvalue weighted by Gasteiger charge is 2.19. The molecular weight excluding hydrogens is 238 g/mol. The lowest BCUT2D eigenvalue weighted by Crippen LogP contribution is -2.42. The van der Waals surface area contributed by atoms with E-state index in [-0.39, 0.29) is 12.0 Å². The molecule has 0 fully saturated rings. The summed E-state index contributed by atoms with van der Waals surface area (Å²) in [6, 6.07) is 0.240. The summed E-state index contributed by atoms with van der Waals surface area (Å²) in [5.74, 6) is -0.119. The van der Waals surface area contributed by atoms with Crippen molar-refractivity contribution in [1.82, 2.24) is 5.32 Å². The van der Waals surface area contributed by atoms with Crippen LogP contribution < -0.4 is 5.32 Å². The first-order valence-electron chi connectivity index (χ1n) is 7.99. The average Bonchev–Trinajstić information content (AvgIpc) is 2.43. The van der Waals surface area contributed by atoms with Gasteiger partial charge in [0.05, 0.1) is 7.11 Å². The van der Waals surface area contributed by atoms with Gasteiger partial charge in [-0.25, -0.2) is 0 Å². The maximum absolute atomic E-state index is 11.7. The molecule has 0 aromatic carbocycles. The number of hydrogen-bond acceptors (Lipinski definition) is 3. The van der Waals surface area contributed by atoms with Crippen molar-refractivity contribution in [2.24, 2.45) is 0 Å². The molecule has 0 bridgehead atoms. The lowest BCUT2D eigenvalue weighted by Gasteiger charge is -2.20. The third-order valence-electron chi connectivity index (χ3n) is 3.68. The van der Waals surface area contributed by atoms with E-state index in [1.54, 1.807) is 0 Å². The first-order chi connectivity index (χ1) is 9.15. The molecule has 0 aliphatic rings. The SMILES string of the molecule is CCCCCCCCCC(NC(C)CC)C(=O)OC. The van der Waals surface area contributed by atoms with Crippen LogP contribution in [-0.2, 0) is 9.53 Å². The van der Waals surface area contributed by atoms with Crippen LogP contribution in [0.2, 0.25) is 0 Å². The summed E-state index contributed by atoms with van der Waals surface area (Å²) < 4.78 is 4.87. The highest BCUT2D eigenvalue weighted by molar-refractivity contribution is 5.75. The van der Waals surface area contributed by atoms with E-state index >= 15 is 0 Å². The number of ether oxygens (including phenoxy) is 1. The number of rotatable bonds is 12. The molecule has 0 saturated heterocycles. The van der Waals surface area contributed by atoms with E-state index in [0.717, 1.165) is 19.3 Å². The Morgan fingerprint density at radius 2 is 1.63 bits per heavy atom. The number of esters is 1. The molecule has 0 rings (SSSR count). The zero-order chi connectivity index (χ0) is 14.5. The monoisotopic (exact) mass is 271 g/mol. The molecule has 0 spiro atoms. The van der Waals surface area contributed by atoms with Crippen molar-refractivity contribution < 1.29 is 9.53 Å². The summed E-state index contributed by atoms with van der Waals surface area (Å²) in [7, 11) is 1.47. The Hall–Kier alpha value is -0.570. The Bertz CT molecular complexity index is 219. The molecular formula is C16H33NO2. The third kappa shape index (κ3) is 9.94. The summed E-state index contributed by atoms with van der Waals surface area (Å²) in [4.78, 5) is 11.7. The maximum atomic E-state index is 11.7. The number of carbonyl (C=O) groups is 1. The Morgan fingerprint density at radius 1 is 1.05 bits per heavy atom. The molecule has 3 nitrogen and oxygen atoms in total. The van der Waals surface area contributed by atoms with Crippen molar-refractivity contribution in [3.05, 3.63) is 0 Å².